The Morgan fingerprint density at radius 2 is 1.80 bits per heavy atom. The van der Waals surface area contributed by atoms with Crippen LogP contribution in [0.25, 0.3) is 11.3 Å². The van der Waals surface area contributed by atoms with E-state index >= 15 is 0 Å². The number of carbonyl (C=O) groups is 1. The molecule has 1 aromatic heterocycles. The summed E-state index contributed by atoms with van der Waals surface area (Å²) in [5, 5.41) is 4.83. The molecule has 0 amide bonds. The molecule has 1 heterocycles. The lowest BCUT2D eigenvalue weighted by Crippen LogP contribution is -2.02. The molecule has 0 aliphatic rings. The van der Waals surface area contributed by atoms with Gasteiger partial charge in [0.25, 0.3) is 0 Å². The van der Waals surface area contributed by atoms with Crippen LogP contribution in [0.15, 0.2) is 70.2 Å². The van der Waals surface area contributed by atoms with Gasteiger partial charge < -0.3 is 9.25 Å². The molecule has 0 unspecified atom stereocenters. The van der Waals surface area contributed by atoms with E-state index in [4.69, 9.17) is 32.5 Å². The van der Waals surface area contributed by atoms with Crippen molar-refractivity contribution in [3.63, 3.8) is 0 Å². The Morgan fingerprint density at radius 3 is 2.56 bits per heavy atom. The standard InChI is InChI=1S/C19H13Cl2NO3/c1-12(13-5-3-2-4-6-13)22-25-19(23)18-10-9-17(24-18)15-11-14(20)7-8-16(15)21/h2-11H,1H3/b22-12+. The van der Waals surface area contributed by atoms with Crippen molar-refractivity contribution in [1.29, 1.82) is 0 Å². The third-order valence-corrected chi connectivity index (χ3v) is 4.02. The minimum atomic E-state index is -0.695. The second-order valence-corrected chi connectivity index (χ2v) is 6.05. The Balaban J connectivity index is 1.76. The fourth-order valence-corrected chi connectivity index (χ4v) is 2.55. The van der Waals surface area contributed by atoms with Crippen LogP contribution in [0.4, 0.5) is 0 Å². The molecule has 0 saturated carbocycles. The summed E-state index contributed by atoms with van der Waals surface area (Å²) < 4.78 is 5.52. The summed E-state index contributed by atoms with van der Waals surface area (Å²) in [5.41, 5.74) is 2.04. The number of hydrogen-bond acceptors (Lipinski definition) is 4. The van der Waals surface area contributed by atoms with Crippen LogP contribution in [0.2, 0.25) is 10.0 Å². The van der Waals surface area contributed by atoms with Crippen molar-refractivity contribution in [2.75, 3.05) is 0 Å². The molecule has 25 heavy (non-hydrogen) atoms. The van der Waals surface area contributed by atoms with Gasteiger partial charge in [0.1, 0.15) is 5.76 Å². The van der Waals surface area contributed by atoms with Crippen LogP contribution >= 0.6 is 23.2 Å². The predicted octanol–water partition coefficient (Wildman–Crippen LogP) is 5.83. The third kappa shape index (κ3) is 4.10. The smallest absolute Gasteiger partial charge is 0.400 e. The van der Waals surface area contributed by atoms with E-state index in [0.717, 1.165) is 5.56 Å². The highest BCUT2D eigenvalue weighted by Crippen LogP contribution is 2.31. The van der Waals surface area contributed by atoms with Crippen molar-refractivity contribution in [1.82, 2.24) is 0 Å². The largest absolute Gasteiger partial charge is 0.449 e. The molecule has 3 rings (SSSR count). The van der Waals surface area contributed by atoms with Gasteiger partial charge >= 0.3 is 5.97 Å². The van der Waals surface area contributed by atoms with Crippen molar-refractivity contribution in [2.45, 2.75) is 6.92 Å². The van der Waals surface area contributed by atoms with Crippen molar-refractivity contribution in [3.05, 3.63) is 82.0 Å². The number of nitrogens with zero attached hydrogens (tertiary/aromatic N) is 1. The van der Waals surface area contributed by atoms with Crippen LogP contribution in [0, 0.1) is 0 Å². The lowest BCUT2D eigenvalue weighted by Gasteiger charge is -2.02. The van der Waals surface area contributed by atoms with Gasteiger partial charge in [-0.15, -0.1) is 0 Å². The van der Waals surface area contributed by atoms with E-state index in [9.17, 15) is 4.79 Å². The van der Waals surface area contributed by atoms with Crippen LogP contribution in [0.1, 0.15) is 23.0 Å². The van der Waals surface area contributed by atoms with Crippen LogP contribution in [0.5, 0.6) is 0 Å². The molecule has 2 aromatic carbocycles. The molecule has 0 aliphatic heterocycles. The summed E-state index contributed by atoms with van der Waals surface area (Å²) in [7, 11) is 0. The number of carbonyl (C=O) groups excluding carboxylic acids is 1. The van der Waals surface area contributed by atoms with Crippen molar-refractivity contribution in [2.24, 2.45) is 5.16 Å². The number of hydrogen-bond donors (Lipinski definition) is 0. The summed E-state index contributed by atoms with van der Waals surface area (Å²) in [6.45, 7) is 1.75. The summed E-state index contributed by atoms with van der Waals surface area (Å²) in [4.78, 5) is 17.0. The molecule has 126 valence electrons. The zero-order valence-electron chi connectivity index (χ0n) is 13.2. The van der Waals surface area contributed by atoms with E-state index < -0.39 is 5.97 Å². The van der Waals surface area contributed by atoms with E-state index in [2.05, 4.69) is 5.16 Å². The fraction of sp³-hybridized carbons (Fsp3) is 0.0526. The maximum absolute atomic E-state index is 12.1. The lowest BCUT2D eigenvalue weighted by atomic mass is 10.1. The Hall–Kier alpha value is -2.56. The summed E-state index contributed by atoms with van der Waals surface area (Å²) in [5.74, 6) is -0.251. The predicted molar refractivity (Wildman–Crippen MR) is 98.2 cm³/mol. The Kier molecular flexibility index (Phi) is 5.22. The molecule has 0 N–H and O–H groups in total. The highest BCUT2D eigenvalue weighted by Gasteiger charge is 2.16. The molecule has 4 nitrogen and oxygen atoms in total. The van der Waals surface area contributed by atoms with E-state index in [1.165, 1.54) is 6.07 Å². The number of furan rings is 1. The Labute approximate surface area is 154 Å². The van der Waals surface area contributed by atoms with E-state index in [1.807, 2.05) is 30.3 Å². The maximum atomic E-state index is 12.1. The van der Waals surface area contributed by atoms with Crippen molar-refractivity contribution >= 4 is 34.9 Å². The van der Waals surface area contributed by atoms with Crippen LogP contribution in [-0.4, -0.2) is 11.7 Å². The van der Waals surface area contributed by atoms with Crippen molar-refractivity contribution < 1.29 is 14.0 Å². The monoisotopic (exact) mass is 373 g/mol. The van der Waals surface area contributed by atoms with Gasteiger partial charge in [-0.2, -0.15) is 0 Å². The first kappa shape index (κ1) is 17.3. The van der Waals surface area contributed by atoms with Gasteiger partial charge in [0.2, 0.25) is 5.76 Å². The first-order valence-corrected chi connectivity index (χ1v) is 8.17. The van der Waals surface area contributed by atoms with Gasteiger partial charge in [0.05, 0.1) is 10.7 Å². The zero-order chi connectivity index (χ0) is 17.8. The fourth-order valence-electron chi connectivity index (χ4n) is 2.17. The average molecular weight is 374 g/mol. The number of rotatable bonds is 4. The normalized spacial score (nSPS) is 11.4. The van der Waals surface area contributed by atoms with Crippen LogP contribution in [0.3, 0.4) is 0 Å². The minimum absolute atomic E-state index is 0.0238. The molecule has 0 radical (unpaired) electrons. The summed E-state index contributed by atoms with van der Waals surface area (Å²) in [6.07, 6.45) is 0. The third-order valence-electron chi connectivity index (χ3n) is 3.46. The molecule has 0 spiro atoms. The zero-order valence-corrected chi connectivity index (χ0v) is 14.7. The maximum Gasteiger partial charge on any atom is 0.400 e. The molecule has 0 aliphatic carbocycles. The molecule has 0 bridgehead atoms. The van der Waals surface area contributed by atoms with E-state index in [1.54, 1.807) is 31.2 Å². The molecule has 3 aromatic rings. The summed E-state index contributed by atoms with van der Waals surface area (Å²) >= 11 is 12.1. The Morgan fingerprint density at radius 1 is 1.04 bits per heavy atom. The van der Waals surface area contributed by atoms with Gasteiger partial charge in [-0.05, 0) is 42.8 Å². The highest BCUT2D eigenvalue weighted by molar-refractivity contribution is 6.35. The number of benzene rings is 2. The molecular weight excluding hydrogens is 361 g/mol. The SMILES string of the molecule is C/C(=N\OC(=O)c1ccc(-c2cc(Cl)ccc2Cl)o1)c1ccccc1. The van der Waals surface area contributed by atoms with Crippen LogP contribution < -0.4 is 0 Å². The number of halogens is 2. The number of oxime groups is 1. The summed E-state index contributed by atoms with van der Waals surface area (Å²) in [6, 6.07) is 17.5. The van der Waals surface area contributed by atoms with E-state index in [-0.39, 0.29) is 5.76 Å². The van der Waals surface area contributed by atoms with Gasteiger partial charge in [0.15, 0.2) is 0 Å². The van der Waals surface area contributed by atoms with Gasteiger partial charge in [0, 0.05) is 10.6 Å². The molecule has 0 saturated heterocycles. The second kappa shape index (κ2) is 7.55. The van der Waals surface area contributed by atoms with Crippen molar-refractivity contribution in [3.8, 4) is 11.3 Å². The second-order valence-electron chi connectivity index (χ2n) is 5.21. The van der Waals surface area contributed by atoms with Gasteiger partial charge in [-0.1, -0.05) is 58.7 Å². The van der Waals surface area contributed by atoms with Gasteiger partial charge in [-0.25, -0.2) is 4.79 Å². The molecular formula is C19H13Cl2NO3. The van der Waals surface area contributed by atoms with E-state index in [0.29, 0.717) is 27.1 Å². The van der Waals surface area contributed by atoms with Crippen LogP contribution in [-0.2, 0) is 4.84 Å². The minimum Gasteiger partial charge on any atom is -0.449 e. The average Bonchev–Trinajstić information content (AvgIpc) is 3.12. The highest BCUT2D eigenvalue weighted by atomic mass is 35.5. The lowest BCUT2D eigenvalue weighted by molar-refractivity contribution is 0.0481. The molecule has 0 atom stereocenters. The molecule has 0 fully saturated rings. The Bertz CT molecular complexity index is 933. The quantitative estimate of drug-likeness (QED) is 0.328. The molecule has 6 heteroatoms. The van der Waals surface area contributed by atoms with Gasteiger partial charge in [-0.3, -0.25) is 0 Å². The topological polar surface area (TPSA) is 51.8 Å². The first-order chi connectivity index (χ1) is 12.0. The first-order valence-electron chi connectivity index (χ1n) is 7.41.